The molecule has 2 N–H and O–H groups in total. The maximum Gasteiger partial charge on any atom is 0.274 e. The molecule has 3 aromatic carbocycles. The van der Waals surface area contributed by atoms with Crippen LogP contribution in [0.1, 0.15) is 42.0 Å². The molecule has 1 heterocycles. The Balaban J connectivity index is 1.51. The largest absolute Gasteiger partial charge is 0.377 e. The van der Waals surface area contributed by atoms with E-state index < -0.39 is 10.0 Å². The molecule has 3 aromatic rings. The molecule has 0 aromatic heterocycles. The molecular weight excluding hydrogens is 450 g/mol. The highest BCUT2D eigenvalue weighted by Gasteiger charge is 2.40. The summed E-state index contributed by atoms with van der Waals surface area (Å²) in [6, 6.07) is 19.0. The average molecular weight is 476 g/mol. The van der Waals surface area contributed by atoms with Crippen molar-refractivity contribution >= 4 is 27.1 Å². The first-order valence-corrected chi connectivity index (χ1v) is 12.8. The fourth-order valence-corrected chi connectivity index (χ4v) is 6.23. The van der Waals surface area contributed by atoms with Crippen molar-refractivity contribution in [1.29, 1.82) is 0 Å². The smallest absolute Gasteiger partial charge is 0.274 e. The summed E-state index contributed by atoms with van der Waals surface area (Å²) in [4.78, 5) is 11.5. The number of benzene rings is 3. The Bertz CT molecular complexity index is 1400. The normalized spacial score (nSPS) is 20.8. The molecule has 0 saturated carbocycles. The number of nitrogens with zero attached hydrogens (tertiary/aromatic N) is 1. The molecule has 0 spiro atoms. The second-order valence-corrected chi connectivity index (χ2v) is 10.3. The van der Waals surface area contributed by atoms with Gasteiger partial charge in [0.05, 0.1) is 27.1 Å². The lowest BCUT2D eigenvalue weighted by Gasteiger charge is -2.37. The van der Waals surface area contributed by atoms with E-state index >= 15 is 0 Å². The molecule has 1 aliphatic heterocycles. The van der Waals surface area contributed by atoms with Gasteiger partial charge in [-0.1, -0.05) is 55.5 Å². The lowest BCUT2D eigenvalue weighted by molar-refractivity contribution is -0.385. The van der Waals surface area contributed by atoms with Gasteiger partial charge in [-0.05, 0) is 54.2 Å². The molecule has 0 saturated heterocycles. The Morgan fingerprint density at radius 3 is 2.62 bits per heavy atom. The van der Waals surface area contributed by atoms with Crippen LogP contribution >= 0.6 is 0 Å². The van der Waals surface area contributed by atoms with Gasteiger partial charge >= 0.3 is 0 Å². The van der Waals surface area contributed by atoms with Crippen molar-refractivity contribution < 1.29 is 13.3 Å². The van der Waals surface area contributed by atoms with E-state index in [1.807, 2.05) is 31.2 Å². The lowest BCUT2D eigenvalue weighted by atomic mass is 9.76. The van der Waals surface area contributed by atoms with Gasteiger partial charge in [-0.3, -0.25) is 14.8 Å². The van der Waals surface area contributed by atoms with Gasteiger partial charge in [0.25, 0.3) is 15.7 Å². The summed E-state index contributed by atoms with van der Waals surface area (Å²) >= 11 is 0. The number of allylic oxidation sites excluding steroid dienone is 2. The van der Waals surface area contributed by atoms with Crippen LogP contribution in [0.2, 0.25) is 0 Å². The number of nitrogens with one attached hydrogen (secondary N) is 2. The van der Waals surface area contributed by atoms with Crippen molar-refractivity contribution in [1.82, 2.24) is 0 Å². The fraction of sp³-hybridized carbons (Fsp3) is 0.231. The van der Waals surface area contributed by atoms with Gasteiger partial charge in [-0.15, -0.1) is 0 Å². The van der Waals surface area contributed by atoms with E-state index in [2.05, 4.69) is 22.2 Å². The lowest BCUT2D eigenvalue weighted by Crippen LogP contribution is -2.30. The molecule has 0 radical (unpaired) electrons. The van der Waals surface area contributed by atoms with E-state index in [1.54, 1.807) is 36.4 Å². The van der Waals surface area contributed by atoms with Crippen molar-refractivity contribution in [3.63, 3.8) is 0 Å². The van der Waals surface area contributed by atoms with Gasteiger partial charge in [0.15, 0.2) is 0 Å². The molecular formula is C26H25N3O4S. The number of hydrogen-bond acceptors (Lipinski definition) is 5. The SMILES string of the molecule is CCc1ccccc1NS(=O)(=O)c1ccc2c(c1)[C@H]1C=CC[C@H]1[C@@H](c1ccccc1[N+](=O)[O-])N2. The van der Waals surface area contributed by atoms with Crippen LogP contribution in [0, 0.1) is 16.0 Å². The third-order valence-corrected chi connectivity index (χ3v) is 8.12. The summed E-state index contributed by atoms with van der Waals surface area (Å²) in [6.07, 6.45) is 5.63. The Kier molecular flexibility index (Phi) is 5.61. The van der Waals surface area contributed by atoms with Gasteiger partial charge in [-0.25, -0.2) is 8.42 Å². The number of fused-ring (bicyclic) bond motifs is 3. The van der Waals surface area contributed by atoms with Crippen LogP contribution < -0.4 is 10.0 Å². The number of sulfonamides is 1. The molecule has 1 aliphatic carbocycles. The Hall–Kier alpha value is -3.65. The van der Waals surface area contributed by atoms with Crippen molar-refractivity contribution in [3.8, 4) is 0 Å². The molecule has 0 amide bonds. The van der Waals surface area contributed by atoms with E-state index in [1.165, 1.54) is 6.07 Å². The number of rotatable bonds is 6. The van der Waals surface area contributed by atoms with Crippen molar-refractivity contribution in [2.45, 2.75) is 36.6 Å². The van der Waals surface area contributed by atoms with E-state index in [0.29, 0.717) is 17.7 Å². The van der Waals surface area contributed by atoms with Gasteiger partial charge in [0.2, 0.25) is 0 Å². The predicted molar refractivity (Wildman–Crippen MR) is 133 cm³/mol. The monoisotopic (exact) mass is 475 g/mol. The summed E-state index contributed by atoms with van der Waals surface area (Å²) in [5, 5.41) is 15.1. The Morgan fingerprint density at radius 1 is 1.06 bits per heavy atom. The highest BCUT2D eigenvalue weighted by molar-refractivity contribution is 7.92. The van der Waals surface area contributed by atoms with E-state index in [9.17, 15) is 18.5 Å². The third-order valence-electron chi connectivity index (χ3n) is 6.76. The van der Waals surface area contributed by atoms with Crippen LogP contribution in [-0.2, 0) is 16.4 Å². The molecule has 8 heteroatoms. The maximum atomic E-state index is 13.2. The van der Waals surface area contributed by atoms with Gasteiger partial charge < -0.3 is 5.32 Å². The molecule has 3 atom stereocenters. The second kappa shape index (κ2) is 8.61. The summed E-state index contributed by atoms with van der Waals surface area (Å²) < 4.78 is 29.2. The fourth-order valence-electron chi connectivity index (χ4n) is 5.10. The highest BCUT2D eigenvalue weighted by Crippen LogP contribution is 2.51. The minimum absolute atomic E-state index is 0.0286. The molecule has 0 fully saturated rings. The number of nitro groups is 1. The molecule has 0 bridgehead atoms. The van der Waals surface area contributed by atoms with Crippen molar-refractivity contribution in [2.75, 3.05) is 10.0 Å². The topological polar surface area (TPSA) is 101 Å². The van der Waals surface area contributed by atoms with Gasteiger partial charge in [0, 0.05) is 17.7 Å². The zero-order valence-electron chi connectivity index (χ0n) is 18.6. The first kappa shape index (κ1) is 22.2. The molecule has 174 valence electrons. The number of para-hydroxylation sites is 2. The second-order valence-electron chi connectivity index (χ2n) is 8.66. The zero-order valence-corrected chi connectivity index (χ0v) is 19.5. The van der Waals surface area contributed by atoms with E-state index in [4.69, 9.17) is 0 Å². The van der Waals surface area contributed by atoms with E-state index in [-0.39, 0.29) is 33.4 Å². The molecule has 2 aliphatic rings. The Morgan fingerprint density at radius 2 is 1.82 bits per heavy atom. The molecule has 7 nitrogen and oxygen atoms in total. The number of aryl methyl sites for hydroxylation is 1. The number of anilines is 2. The molecule has 0 unspecified atom stereocenters. The highest BCUT2D eigenvalue weighted by atomic mass is 32.2. The van der Waals surface area contributed by atoms with Crippen LogP contribution in [0.15, 0.2) is 83.8 Å². The summed E-state index contributed by atoms with van der Waals surface area (Å²) in [5.74, 6) is 0.0273. The minimum Gasteiger partial charge on any atom is -0.377 e. The van der Waals surface area contributed by atoms with Crippen LogP contribution in [0.4, 0.5) is 17.1 Å². The van der Waals surface area contributed by atoms with Crippen LogP contribution in [0.5, 0.6) is 0 Å². The maximum absolute atomic E-state index is 13.2. The van der Waals surface area contributed by atoms with Crippen molar-refractivity contribution in [3.05, 3.63) is 106 Å². The molecule has 5 rings (SSSR count). The summed E-state index contributed by atoms with van der Waals surface area (Å²) in [6.45, 7) is 1.98. The minimum atomic E-state index is -3.78. The number of hydrogen-bond donors (Lipinski definition) is 2. The van der Waals surface area contributed by atoms with Crippen LogP contribution in [-0.4, -0.2) is 13.3 Å². The van der Waals surface area contributed by atoms with Crippen LogP contribution in [0.3, 0.4) is 0 Å². The predicted octanol–water partition coefficient (Wildman–Crippen LogP) is 5.78. The third kappa shape index (κ3) is 3.84. The van der Waals surface area contributed by atoms with Gasteiger partial charge in [0.1, 0.15) is 0 Å². The molecule has 34 heavy (non-hydrogen) atoms. The van der Waals surface area contributed by atoms with E-state index in [0.717, 1.165) is 23.2 Å². The standard InChI is InChI=1S/C26H25N3O4S/c1-2-17-8-3-5-12-23(17)28-34(32,33)18-14-15-24-22(16-18)19-10-7-11-20(19)26(27-24)21-9-4-6-13-25(21)29(30)31/h3-10,12-16,19-20,26-28H,2,11H2,1H3/t19-,20+,26-/m0/s1. The first-order chi connectivity index (χ1) is 16.4. The van der Waals surface area contributed by atoms with Crippen LogP contribution in [0.25, 0.3) is 0 Å². The first-order valence-electron chi connectivity index (χ1n) is 11.3. The number of nitro benzene ring substituents is 1. The Labute approximate surface area is 198 Å². The summed E-state index contributed by atoms with van der Waals surface area (Å²) in [7, 11) is -3.78. The zero-order chi connectivity index (χ0) is 23.9. The summed E-state index contributed by atoms with van der Waals surface area (Å²) in [5.41, 5.74) is 3.93. The average Bonchev–Trinajstić information content (AvgIpc) is 3.34. The van der Waals surface area contributed by atoms with Gasteiger partial charge in [-0.2, -0.15) is 0 Å². The van der Waals surface area contributed by atoms with Crippen molar-refractivity contribution in [2.24, 2.45) is 5.92 Å². The quantitative estimate of drug-likeness (QED) is 0.267.